The normalized spacial score (nSPS) is 37.1. The van der Waals surface area contributed by atoms with Gasteiger partial charge < -0.3 is 10.2 Å². The van der Waals surface area contributed by atoms with Gasteiger partial charge in [-0.1, -0.05) is 12.8 Å². The first-order valence-electron chi connectivity index (χ1n) is 7.87. The molecule has 3 rings (SSSR count). The van der Waals surface area contributed by atoms with E-state index in [0.29, 0.717) is 11.9 Å². The monoisotopic (exact) mass is 250 g/mol. The van der Waals surface area contributed by atoms with Crippen LogP contribution in [-0.4, -0.2) is 36.5 Å². The van der Waals surface area contributed by atoms with E-state index in [-0.39, 0.29) is 5.92 Å². The van der Waals surface area contributed by atoms with Gasteiger partial charge in [0.1, 0.15) is 0 Å². The van der Waals surface area contributed by atoms with Crippen molar-refractivity contribution < 1.29 is 4.79 Å². The van der Waals surface area contributed by atoms with Crippen LogP contribution in [0.3, 0.4) is 0 Å². The van der Waals surface area contributed by atoms with Crippen molar-refractivity contribution in [2.24, 2.45) is 11.8 Å². The first-order valence-corrected chi connectivity index (χ1v) is 7.87. The van der Waals surface area contributed by atoms with Crippen molar-refractivity contribution in [3.05, 3.63) is 0 Å². The van der Waals surface area contributed by atoms with E-state index < -0.39 is 0 Å². The fourth-order valence-electron chi connectivity index (χ4n) is 4.20. The zero-order chi connectivity index (χ0) is 12.4. The van der Waals surface area contributed by atoms with Crippen molar-refractivity contribution in [3.63, 3.8) is 0 Å². The lowest BCUT2D eigenvalue weighted by atomic mass is 9.77. The van der Waals surface area contributed by atoms with Gasteiger partial charge in [0.05, 0.1) is 5.92 Å². The Hall–Kier alpha value is -0.570. The van der Waals surface area contributed by atoms with Crippen LogP contribution in [0.5, 0.6) is 0 Å². The molecule has 3 atom stereocenters. The molecule has 2 saturated heterocycles. The van der Waals surface area contributed by atoms with E-state index in [1.165, 1.54) is 44.9 Å². The molecule has 3 aliphatic rings. The van der Waals surface area contributed by atoms with Crippen molar-refractivity contribution in [3.8, 4) is 0 Å². The summed E-state index contributed by atoms with van der Waals surface area (Å²) in [4.78, 5) is 15.0. The summed E-state index contributed by atoms with van der Waals surface area (Å²) < 4.78 is 0. The highest BCUT2D eigenvalue weighted by atomic mass is 16.2. The van der Waals surface area contributed by atoms with Gasteiger partial charge in [0.2, 0.25) is 5.91 Å². The maximum atomic E-state index is 12.7. The van der Waals surface area contributed by atoms with Crippen LogP contribution in [0.2, 0.25) is 0 Å². The van der Waals surface area contributed by atoms with E-state index in [1.54, 1.807) is 0 Å². The number of hydrogen-bond acceptors (Lipinski definition) is 2. The topological polar surface area (TPSA) is 32.3 Å². The Balaban J connectivity index is 1.67. The zero-order valence-electron chi connectivity index (χ0n) is 11.4. The van der Waals surface area contributed by atoms with Crippen LogP contribution in [0.25, 0.3) is 0 Å². The highest BCUT2D eigenvalue weighted by Gasteiger charge is 2.37. The lowest BCUT2D eigenvalue weighted by molar-refractivity contribution is -0.142. The molecule has 3 nitrogen and oxygen atoms in total. The average Bonchev–Trinajstić information content (AvgIpc) is 2.47. The Labute approximate surface area is 110 Å². The number of rotatable bonds is 1. The van der Waals surface area contributed by atoms with Crippen LogP contribution in [0, 0.1) is 11.8 Å². The number of hydrogen-bond donors (Lipinski definition) is 1. The molecule has 1 unspecified atom stereocenters. The Bertz CT molecular complexity index is 297. The van der Waals surface area contributed by atoms with Crippen molar-refractivity contribution in [2.45, 2.75) is 57.4 Å². The lowest BCUT2D eigenvalue weighted by Gasteiger charge is -2.45. The third-order valence-electron chi connectivity index (χ3n) is 5.17. The maximum Gasteiger partial charge on any atom is 0.227 e. The summed E-state index contributed by atoms with van der Waals surface area (Å²) in [5.74, 6) is 1.53. The molecular formula is C15H26N2O. The molecule has 1 saturated carbocycles. The molecule has 0 aromatic rings. The predicted octanol–water partition coefficient (Wildman–Crippen LogP) is 2.17. The van der Waals surface area contributed by atoms with Crippen LogP contribution in [0.15, 0.2) is 0 Å². The SMILES string of the molecule is O=C(C1CCCNC1)N1CCC[C@H]2CCCC[C@H]21. The first-order chi connectivity index (χ1) is 8.86. The summed E-state index contributed by atoms with van der Waals surface area (Å²) in [6.45, 7) is 3.03. The lowest BCUT2D eigenvalue weighted by Crippen LogP contribution is -2.53. The van der Waals surface area contributed by atoms with Gasteiger partial charge in [0.15, 0.2) is 0 Å². The summed E-state index contributed by atoms with van der Waals surface area (Å²) in [7, 11) is 0. The van der Waals surface area contributed by atoms with E-state index >= 15 is 0 Å². The van der Waals surface area contributed by atoms with Gasteiger partial charge in [0.25, 0.3) is 0 Å². The van der Waals surface area contributed by atoms with E-state index in [4.69, 9.17) is 0 Å². The zero-order valence-corrected chi connectivity index (χ0v) is 11.4. The van der Waals surface area contributed by atoms with Gasteiger partial charge in [0, 0.05) is 19.1 Å². The fraction of sp³-hybridized carbons (Fsp3) is 0.933. The molecule has 0 aromatic carbocycles. The number of nitrogens with one attached hydrogen (secondary N) is 1. The van der Waals surface area contributed by atoms with E-state index in [0.717, 1.165) is 32.0 Å². The van der Waals surface area contributed by atoms with Gasteiger partial charge >= 0.3 is 0 Å². The van der Waals surface area contributed by atoms with Gasteiger partial charge in [-0.05, 0) is 51.0 Å². The second-order valence-corrected chi connectivity index (χ2v) is 6.33. The largest absolute Gasteiger partial charge is 0.339 e. The van der Waals surface area contributed by atoms with Crippen LogP contribution < -0.4 is 5.32 Å². The second-order valence-electron chi connectivity index (χ2n) is 6.33. The molecule has 3 fully saturated rings. The molecule has 1 N–H and O–H groups in total. The molecule has 0 spiro atoms. The number of likely N-dealkylation sites (tertiary alicyclic amines) is 1. The van der Waals surface area contributed by atoms with Gasteiger partial charge in [-0.2, -0.15) is 0 Å². The van der Waals surface area contributed by atoms with Crippen molar-refractivity contribution in [1.82, 2.24) is 10.2 Å². The van der Waals surface area contributed by atoms with Gasteiger partial charge in [-0.25, -0.2) is 0 Å². The fourth-order valence-corrected chi connectivity index (χ4v) is 4.20. The summed E-state index contributed by atoms with van der Waals surface area (Å²) in [6.07, 6.45) is 10.2. The van der Waals surface area contributed by atoms with E-state index in [9.17, 15) is 4.79 Å². The quantitative estimate of drug-likeness (QED) is 0.773. The number of piperidine rings is 2. The predicted molar refractivity (Wildman–Crippen MR) is 72.3 cm³/mol. The molecule has 18 heavy (non-hydrogen) atoms. The summed E-state index contributed by atoms with van der Waals surface area (Å²) in [6, 6.07) is 0.585. The minimum absolute atomic E-state index is 0.263. The molecule has 3 heteroatoms. The molecule has 2 heterocycles. The van der Waals surface area contributed by atoms with Crippen LogP contribution >= 0.6 is 0 Å². The molecular weight excluding hydrogens is 224 g/mol. The van der Waals surface area contributed by atoms with Crippen molar-refractivity contribution >= 4 is 5.91 Å². The smallest absolute Gasteiger partial charge is 0.227 e. The maximum absolute atomic E-state index is 12.7. The summed E-state index contributed by atoms with van der Waals surface area (Å²) >= 11 is 0. The van der Waals surface area contributed by atoms with Crippen LogP contribution in [-0.2, 0) is 4.79 Å². The molecule has 1 amide bonds. The molecule has 0 radical (unpaired) electrons. The highest BCUT2D eigenvalue weighted by molar-refractivity contribution is 5.79. The number of fused-ring (bicyclic) bond motifs is 1. The number of nitrogens with zero attached hydrogens (tertiary/aromatic N) is 1. The minimum atomic E-state index is 0.263. The third kappa shape index (κ3) is 2.42. The van der Waals surface area contributed by atoms with E-state index in [1.807, 2.05) is 0 Å². The van der Waals surface area contributed by atoms with Gasteiger partial charge in [-0.3, -0.25) is 4.79 Å². The van der Waals surface area contributed by atoms with Crippen LogP contribution in [0.1, 0.15) is 51.4 Å². The second kappa shape index (κ2) is 5.60. The van der Waals surface area contributed by atoms with Crippen LogP contribution in [0.4, 0.5) is 0 Å². The Kier molecular flexibility index (Phi) is 3.88. The molecule has 1 aliphatic carbocycles. The summed E-state index contributed by atoms with van der Waals surface area (Å²) in [5, 5.41) is 3.38. The Morgan fingerprint density at radius 2 is 1.83 bits per heavy atom. The Morgan fingerprint density at radius 3 is 2.67 bits per heavy atom. The molecule has 102 valence electrons. The number of amides is 1. The first kappa shape index (κ1) is 12.5. The third-order valence-corrected chi connectivity index (χ3v) is 5.17. The number of carbonyl (C=O) groups excluding carboxylic acids is 1. The summed E-state index contributed by atoms with van der Waals surface area (Å²) in [5.41, 5.74) is 0. The van der Waals surface area contributed by atoms with Crippen molar-refractivity contribution in [1.29, 1.82) is 0 Å². The van der Waals surface area contributed by atoms with Crippen molar-refractivity contribution in [2.75, 3.05) is 19.6 Å². The average molecular weight is 250 g/mol. The Morgan fingerprint density at radius 1 is 1.00 bits per heavy atom. The van der Waals surface area contributed by atoms with Gasteiger partial charge in [-0.15, -0.1) is 0 Å². The number of carbonyl (C=O) groups is 1. The standard InChI is InChI=1S/C15H26N2O/c18-15(13-6-3-9-16-11-13)17-10-4-7-12-5-1-2-8-14(12)17/h12-14,16H,1-11H2/t12-,13?,14-/m1/s1. The molecule has 0 bridgehead atoms. The highest BCUT2D eigenvalue weighted by Crippen LogP contribution is 2.36. The molecule has 0 aromatic heterocycles. The minimum Gasteiger partial charge on any atom is -0.339 e. The molecule has 2 aliphatic heterocycles. The van der Waals surface area contributed by atoms with E-state index in [2.05, 4.69) is 10.2 Å².